The average Bonchev–Trinajstić information content (AvgIpc) is 2.93. The number of anilines is 1. The van der Waals surface area contributed by atoms with Crippen molar-refractivity contribution in [2.75, 3.05) is 10.8 Å². The Labute approximate surface area is 248 Å². The first-order chi connectivity index (χ1) is 18.8. The normalized spacial score (nSPS) is 12.9. The molecule has 40 heavy (non-hydrogen) atoms. The van der Waals surface area contributed by atoms with Crippen LogP contribution in [0.1, 0.15) is 32.8 Å². The minimum absolute atomic E-state index is 0.0187. The standard InChI is InChI=1S/C28H29Cl3FN3O4S/c1-4-18(2)33-28(37)19(3)34(16-20-10-12-23(29)24(30)14-20)27(36)17-35(21-11-13-26(32)25(31)15-21)40(38,39)22-8-6-5-7-9-22/h5-15,18-19H,4,16-17H2,1-3H3,(H,33,37)/t18-,19+/m0/s1. The molecule has 0 aliphatic rings. The molecule has 3 aromatic rings. The van der Waals surface area contributed by atoms with Gasteiger partial charge in [-0.15, -0.1) is 0 Å². The van der Waals surface area contributed by atoms with Crippen molar-refractivity contribution in [3.05, 3.63) is 93.2 Å². The Hall–Kier alpha value is -2.85. The first-order valence-electron chi connectivity index (χ1n) is 12.4. The van der Waals surface area contributed by atoms with E-state index in [1.165, 1.54) is 23.1 Å². The van der Waals surface area contributed by atoms with Crippen LogP contribution < -0.4 is 9.62 Å². The second-order valence-corrected chi connectivity index (χ2v) is 12.3. The summed E-state index contributed by atoms with van der Waals surface area (Å²) in [5.41, 5.74) is 0.558. The van der Waals surface area contributed by atoms with Gasteiger partial charge < -0.3 is 10.2 Å². The molecule has 2 amide bonds. The Balaban J connectivity index is 2.05. The molecule has 1 N–H and O–H groups in total. The summed E-state index contributed by atoms with van der Waals surface area (Å²) in [7, 11) is -4.30. The zero-order chi connectivity index (χ0) is 29.6. The monoisotopic (exact) mass is 627 g/mol. The second-order valence-electron chi connectivity index (χ2n) is 9.19. The predicted molar refractivity (Wildman–Crippen MR) is 157 cm³/mol. The number of amides is 2. The quantitative estimate of drug-likeness (QED) is 0.270. The van der Waals surface area contributed by atoms with Crippen LogP contribution in [0.5, 0.6) is 0 Å². The SMILES string of the molecule is CC[C@H](C)NC(=O)[C@@H](C)N(Cc1ccc(Cl)c(Cl)c1)C(=O)CN(c1ccc(F)c(Cl)c1)S(=O)(=O)c1ccccc1. The van der Waals surface area contributed by atoms with Gasteiger partial charge in [0.25, 0.3) is 10.0 Å². The molecule has 0 heterocycles. The van der Waals surface area contributed by atoms with E-state index in [1.807, 2.05) is 13.8 Å². The molecule has 0 spiro atoms. The molecule has 0 saturated carbocycles. The van der Waals surface area contributed by atoms with Crippen LogP contribution in [0.2, 0.25) is 15.1 Å². The fourth-order valence-corrected chi connectivity index (χ4v) is 5.69. The van der Waals surface area contributed by atoms with E-state index in [0.717, 1.165) is 16.4 Å². The Bertz CT molecular complexity index is 1470. The van der Waals surface area contributed by atoms with Gasteiger partial charge in [-0.3, -0.25) is 13.9 Å². The molecule has 214 valence electrons. The lowest BCUT2D eigenvalue weighted by Gasteiger charge is -2.32. The van der Waals surface area contributed by atoms with E-state index < -0.39 is 40.2 Å². The van der Waals surface area contributed by atoms with Gasteiger partial charge in [0, 0.05) is 12.6 Å². The number of carbonyl (C=O) groups is 2. The molecule has 0 aliphatic heterocycles. The zero-order valence-corrected chi connectivity index (χ0v) is 25.2. The van der Waals surface area contributed by atoms with Crippen molar-refractivity contribution >= 4 is 62.3 Å². The van der Waals surface area contributed by atoms with Crippen molar-refractivity contribution in [1.82, 2.24) is 10.2 Å². The lowest BCUT2D eigenvalue weighted by Crippen LogP contribution is -2.52. The molecule has 0 aromatic heterocycles. The summed E-state index contributed by atoms with van der Waals surface area (Å²) in [6, 6.07) is 14.6. The smallest absolute Gasteiger partial charge is 0.264 e. The van der Waals surface area contributed by atoms with Crippen LogP contribution in [-0.2, 0) is 26.2 Å². The van der Waals surface area contributed by atoms with E-state index in [9.17, 15) is 22.4 Å². The maximum atomic E-state index is 14.0. The van der Waals surface area contributed by atoms with Crippen LogP contribution >= 0.6 is 34.8 Å². The van der Waals surface area contributed by atoms with E-state index >= 15 is 0 Å². The molecule has 0 bridgehead atoms. The summed E-state index contributed by atoms with van der Waals surface area (Å²) < 4.78 is 42.3. The number of benzene rings is 3. The van der Waals surface area contributed by atoms with Crippen molar-refractivity contribution < 1.29 is 22.4 Å². The molecular formula is C28H29Cl3FN3O4S. The van der Waals surface area contributed by atoms with Gasteiger partial charge in [0.2, 0.25) is 11.8 Å². The number of carbonyl (C=O) groups excluding carboxylic acids is 2. The van der Waals surface area contributed by atoms with Gasteiger partial charge in [0.15, 0.2) is 0 Å². The highest BCUT2D eigenvalue weighted by Crippen LogP contribution is 2.29. The molecule has 0 radical (unpaired) electrons. The molecule has 0 unspecified atom stereocenters. The molecule has 3 aromatic carbocycles. The molecule has 3 rings (SSSR count). The van der Waals surface area contributed by atoms with Crippen LogP contribution in [0, 0.1) is 5.82 Å². The molecule has 7 nitrogen and oxygen atoms in total. The fraction of sp³-hybridized carbons (Fsp3) is 0.286. The van der Waals surface area contributed by atoms with Crippen LogP contribution in [0.15, 0.2) is 71.6 Å². The second kappa shape index (κ2) is 13.7. The molecule has 12 heteroatoms. The van der Waals surface area contributed by atoms with Crippen LogP contribution in [0.25, 0.3) is 0 Å². The van der Waals surface area contributed by atoms with Gasteiger partial charge in [-0.25, -0.2) is 12.8 Å². The third kappa shape index (κ3) is 7.66. The van der Waals surface area contributed by atoms with Crippen molar-refractivity contribution in [3.63, 3.8) is 0 Å². The number of rotatable bonds is 11. The van der Waals surface area contributed by atoms with Crippen molar-refractivity contribution in [3.8, 4) is 0 Å². The van der Waals surface area contributed by atoms with E-state index in [4.69, 9.17) is 34.8 Å². The fourth-order valence-electron chi connectivity index (χ4n) is 3.77. The summed E-state index contributed by atoms with van der Waals surface area (Å²) in [6.07, 6.45) is 0.674. The minimum atomic E-state index is -4.30. The van der Waals surface area contributed by atoms with E-state index in [2.05, 4.69) is 5.32 Å². The van der Waals surface area contributed by atoms with Crippen LogP contribution in [-0.4, -0.2) is 43.8 Å². The predicted octanol–water partition coefficient (Wildman–Crippen LogP) is 6.31. The van der Waals surface area contributed by atoms with Gasteiger partial charge in [0.1, 0.15) is 18.4 Å². The van der Waals surface area contributed by atoms with E-state index in [1.54, 1.807) is 43.3 Å². The third-order valence-electron chi connectivity index (χ3n) is 6.31. The average molecular weight is 629 g/mol. The summed E-state index contributed by atoms with van der Waals surface area (Å²) in [6.45, 7) is 4.55. The topological polar surface area (TPSA) is 86.8 Å². The number of nitrogens with one attached hydrogen (secondary N) is 1. The Kier molecular flexibility index (Phi) is 10.8. The highest BCUT2D eigenvalue weighted by atomic mass is 35.5. The Morgan fingerprint density at radius 2 is 1.60 bits per heavy atom. The van der Waals surface area contributed by atoms with Crippen molar-refractivity contribution in [2.45, 2.75) is 50.7 Å². The Morgan fingerprint density at radius 3 is 2.20 bits per heavy atom. The Morgan fingerprint density at radius 1 is 0.925 bits per heavy atom. The number of halogens is 4. The number of nitrogens with zero attached hydrogens (tertiary/aromatic N) is 2. The third-order valence-corrected chi connectivity index (χ3v) is 9.12. The maximum absolute atomic E-state index is 14.0. The van der Waals surface area contributed by atoms with Crippen molar-refractivity contribution in [1.29, 1.82) is 0 Å². The van der Waals surface area contributed by atoms with Crippen LogP contribution in [0.3, 0.4) is 0 Å². The molecule has 0 fully saturated rings. The van der Waals surface area contributed by atoms with Crippen LogP contribution in [0.4, 0.5) is 10.1 Å². The molecular weight excluding hydrogens is 600 g/mol. The first-order valence-corrected chi connectivity index (χ1v) is 15.0. The van der Waals surface area contributed by atoms with Gasteiger partial charge in [-0.05, 0) is 68.3 Å². The number of hydrogen-bond acceptors (Lipinski definition) is 4. The van der Waals surface area contributed by atoms with E-state index in [-0.39, 0.29) is 33.2 Å². The number of sulfonamides is 1. The highest BCUT2D eigenvalue weighted by molar-refractivity contribution is 7.92. The largest absolute Gasteiger partial charge is 0.352 e. The van der Waals surface area contributed by atoms with Gasteiger partial charge >= 0.3 is 0 Å². The van der Waals surface area contributed by atoms with Gasteiger partial charge in [-0.1, -0.05) is 66.0 Å². The summed E-state index contributed by atoms with van der Waals surface area (Å²) in [5, 5.41) is 3.12. The van der Waals surface area contributed by atoms with Gasteiger partial charge in [0.05, 0.1) is 25.7 Å². The van der Waals surface area contributed by atoms with E-state index in [0.29, 0.717) is 17.0 Å². The van der Waals surface area contributed by atoms with Crippen molar-refractivity contribution in [2.24, 2.45) is 0 Å². The first kappa shape index (κ1) is 31.7. The molecule has 0 saturated heterocycles. The summed E-state index contributed by atoms with van der Waals surface area (Å²) >= 11 is 18.2. The lowest BCUT2D eigenvalue weighted by molar-refractivity contribution is -0.139. The lowest BCUT2D eigenvalue weighted by atomic mass is 10.1. The zero-order valence-electron chi connectivity index (χ0n) is 22.1. The number of hydrogen-bond donors (Lipinski definition) is 1. The van der Waals surface area contributed by atoms with Gasteiger partial charge in [-0.2, -0.15) is 0 Å². The summed E-state index contributed by atoms with van der Waals surface area (Å²) in [4.78, 5) is 28.1. The summed E-state index contributed by atoms with van der Waals surface area (Å²) in [5.74, 6) is -1.84. The molecule has 2 atom stereocenters. The maximum Gasteiger partial charge on any atom is 0.264 e. The minimum Gasteiger partial charge on any atom is -0.352 e. The molecule has 0 aliphatic carbocycles. The highest BCUT2D eigenvalue weighted by Gasteiger charge is 2.33.